The largest absolute Gasteiger partial charge is 0.478 e. The number of hydrogen-bond donors (Lipinski definition) is 1. The fourth-order valence-corrected chi connectivity index (χ4v) is 3.96. The second-order valence-corrected chi connectivity index (χ2v) is 8.30. The van der Waals surface area contributed by atoms with Gasteiger partial charge in [0, 0.05) is 13.1 Å². The Morgan fingerprint density at radius 2 is 1.26 bits per heavy atom. The van der Waals surface area contributed by atoms with Gasteiger partial charge in [-0.05, 0) is 52.4 Å². The summed E-state index contributed by atoms with van der Waals surface area (Å²) in [6.07, 6.45) is 1.16. The molecule has 0 saturated carbocycles. The summed E-state index contributed by atoms with van der Waals surface area (Å²) in [6.45, 7) is 1.15. The molecular weight excluding hydrogens is 422 g/mol. The third-order valence-electron chi connectivity index (χ3n) is 5.83. The van der Waals surface area contributed by atoms with Gasteiger partial charge in [0.1, 0.15) is 0 Å². The van der Waals surface area contributed by atoms with Gasteiger partial charge in [0.25, 0.3) is 0 Å². The zero-order chi connectivity index (χ0) is 23.8. The molecule has 4 heteroatoms. The Balaban J connectivity index is 1.53. The molecule has 0 spiro atoms. The summed E-state index contributed by atoms with van der Waals surface area (Å²) >= 11 is 0. The number of aromatic carboxylic acids is 1. The Kier molecular flexibility index (Phi) is 7.51. The lowest BCUT2D eigenvalue weighted by molar-refractivity contribution is -0.131. The van der Waals surface area contributed by atoms with Crippen molar-refractivity contribution in [3.8, 4) is 11.1 Å². The molecule has 0 atom stereocenters. The van der Waals surface area contributed by atoms with Crippen LogP contribution in [0.15, 0.2) is 109 Å². The lowest BCUT2D eigenvalue weighted by atomic mass is 10.0. The first kappa shape index (κ1) is 23.0. The van der Waals surface area contributed by atoms with Crippen LogP contribution in [0.2, 0.25) is 0 Å². The molecule has 0 heterocycles. The van der Waals surface area contributed by atoms with Crippen LogP contribution in [0, 0.1) is 0 Å². The Labute approximate surface area is 200 Å². The molecule has 170 valence electrons. The molecule has 34 heavy (non-hydrogen) atoms. The minimum Gasteiger partial charge on any atom is -0.478 e. The first-order valence-electron chi connectivity index (χ1n) is 11.4. The predicted octanol–water partition coefficient (Wildman–Crippen LogP) is 5.87. The summed E-state index contributed by atoms with van der Waals surface area (Å²) in [7, 11) is 0. The van der Waals surface area contributed by atoms with Crippen molar-refractivity contribution in [2.45, 2.75) is 19.4 Å². The van der Waals surface area contributed by atoms with E-state index in [-0.39, 0.29) is 11.5 Å². The molecule has 0 fully saturated rings. The van der Waals surface area contributed by atoms with E-state index in [4.69, 9.17) is 5.11 Å². The molecule has 0 aliphatic rings. The molecule has 4 nitrogen and oxygen atoms in total. The van der Waals surface area contributed by atoms with Gasteiger partial charge in [-0.25, -0.2) is 4.79 Å². The van der Waals surface area contributed by atoms with E-state index in [2.05, 4.69) is 18.2 Å². The number of amides is 1. The number of carbonyl (C=O) groups excluding carboxylic acids is 1. The van der Waals surface area contributed by atoms with Crippen LogP contribution in [0.1, 0.15) is 27.0 Å². The first-order valence-corrected chi connectivity index (χ1v) is 11.4. The number of carboxylic acids is 1. The van der Waals surface area contributed by atoms with Gasteiger partial charge in [-0.2, -0.15) is 0 Å². The van der Waals surface area contributed by atoms with E-state index >= 15 is 0 Å². The molecule has 0 bridgehead atoms. The SMILES string of the molecule is O=C(O)c1ccc(-c2cccc(CN(CCc3ccccc3)C(=O)Cc3ccccc3)c2)cc1. The number of rotatable bonds is 9. The van der Waals surface area contributed by atoms with Crippen LogP contribution in [-0.4, -0.2) is 28.4 Å². The van der Waals surface area contributed by atoms with E-state index in [0.717, 1.165) is 28.7 Å². The van der Waals surface area contributed by atoms with Crippen LogP contribution >= 0.6 is 0 Å². The highest BCUT2D eigenvalue weighted by atomic mass is 16.4. The maximum atomic E-state index is 13.3. The summed E-state index contributed by atoms with van der Waals surface area (Å²) < 4.78 is 0. The zero-order valence-electron chi connectivity index (χ0n) is 18.9. The standard InChI is InChI=1S/C30H27NO3/c32-29(21-24-10-5-2-6-11-24)31(19-18-23-8-3-1-4-9-23)22-25-12-7-13-28(20-25)26-14-16-27(17-15-26)30(33)34/h1-17,20H,18-19,21-22H2,(H,33,34). The topological polar surface area (TPSA) is 57.6 Å². The van der Waals surface area contributed by atoms with Crippen LogP contribution in [0.3, 0.4) is 0 Å². The Morgan fingerprint density at radius 1 is 0.647 bits per heavy atom. The van der Waals surface area contributed by atoms with Crippen LogP contribution in [0.5, 0.6) is 0 Å². The molecule has 0 unspecified atom stereocenters. The number of carbonyl (C=O) groups is 2. The molecule has 0 aromatic heterocycles. The van der Waals surface area contributed by atoms with Gasteiger partial charge in [-0.1, -0.05) is 91.0 Å². The normalized spacial score (nSPS) is 10.6. The summed E-state index contributed by atoms with van der Waals surface area (Å²) in [5.74, 6) is -0.843. The quantitative estimate of drug-likeness (QED) is 0.348. The second-order valence-electron chi connectivity index (χ2n) is 8.30. The maximum Gasteiger partial charge on any atom is 0.335 e. The summed E-state index contributed by atoms with van der Waals surface area (Å²) in [6, 6.07) is 35.0. The third-order valence-corrected chi connectivity index (χ3v) is 5.83. The highest BCUT2D eigenvalue weighted by Crippen LogP contribution is 2.22. The van der Waals surface area contributed by atoms with E-state index in [1.54, 1.807) is 12.1 Å². The predicted molar refractivity (Wildman–Crippen MR) is 135 cm³/mol. The lowest BCUT2D eigenvalue weighted by Crippen LogP contribution is -2.33. The van der Waals surface area contributed by atoms with Crippen molar-refractivity contribution in [1.82, 2.24) is 4.90 Å². The van der Waals surface area contributed by atoms with Gasteiger partial charge in [-0.3, -0.25) is 4.79 Å². The molecule has 0 saturated heterocycles. The molecular formula is C30H27NO3. The van der Waals surface area contributed by atoms with E-state index in [9.17, 15) is 9.59 Å². The van der Waals surface area contributed by atoms with Crippen molar-refractivity contribution in [3.63, 3.8) is 0 Å². The molecule has 0 radical (unpaired) electrons. The van der Waals surface area contributed by atoms with Crippen molar-refractivity contribution >= 4 is 11.9 Å². The van der Waals surface area contributed by atoms with E-state index in [0.29, 0.717) is 19.5 Å². The van der Waals surface area contributed by atoms with E-state index in [1.807, 2.05) is 83.8 Å². The highest BCUT2D eigenvalue weighted by molar-refractivity contribution is 5.88. The second kappa shape index (κ2) is 11.1. The van der Waals surface area contributed by atoms with Gasteiger partial charge < -0.3 is 10.0 Å². The van der Waals surface area contributed by atoms with E-state index in [1.165, 1.54) is 5.56 Å². The van der Waals surface area contributed by atoms with Gasteiger partial charge in [-0.15, -0.1) is 0 Å². The Morgan fingerprint density at radius 3 is 1.91 bits per heavy atom. The van der Waals surface area contributed by atoms with Crippen molar-refractivity contribution in [2.75, 3.05) is 6.54 Å². The van der Waals surface area contributed by atoms with Crippen molar-refractivity contribution in [3.05, 3.63) is 131 Å². The monoisotopic (exact) mass is 449 g/mol. The first-order chi connectivity index (χ1) is 16.6. The van der Waals surface area contributed by atoms with Gasteiger partial charge in [0.2, 0.25) is 5.91 Å². The number of hydrogen-bond acceptors (Lipinski definition) is 2. The molecule has 4 rings (SSSR count). The number of nitrogens with zero attached hydrogens (tertiary/aromatic N) is 1. The average Bonchev–Trinajstić information content (AvgIpc) is 2.88. The molecule has 0 aliphatic carbocycles. The summed E-state index contributed by atoms with van der Waals surface area (Å²) in [5.41, 5.74) is 5.44. The van der Waals surface area contributed by atoms with Crippen LogP contribution < -0.4 is 0 Å². The van der Waals surface area contributed by atoms with Crippen LogP contribution in [0.4, 0.5) is 0 Å². The van der Waals surface area contributed by atoms with Crippen molar-refractivity contribution < 1.29 is 14.7 Å². The van der Waals surface area contributed by atoms with Gasteiger partial charge in [0.15, 0.2) is 0 Å². The average molecular weight is 450 g/mol. The molecule has 4 aromatic carbocycles. The lowest BCUT2D eigenvalue weighted by Gasteiger charge is -2.23. The van der Waals surface area contributed by atoms with Crippen LogP contribution in [-0.2, 0) is 24.2 Å². The van der Waals surface area contributed by atoms with Gasteiger partial charge in [0.05, 0.1) is 12.0 Å². The Hall–Kier alpha value is -4.18. The highest BCUT2D eigenvalue weighted by Gasteiger charge is 2.15. The summed E-state index contributed by atoms with van der Waals surface area (Å²) in [5, 5.41) is 9.14. The Bertz CT molecular complexity index is 1240. The van der Waals surface area contributed by atoms with Gasteiger partial charge >= 0.3 is 5.97 Å². The third kappa shape index (κ3) is 6.20. The molecule has 4 aromatic rings. The molecule has 1 N–H and O–H groups in total. The fraction of sp³-hybridized carbons (Fsp3) is 0.133. The molecule has 0 aliphatic heterocycles. The maximum absolute atomic E-state index is 13.3. The smallest absolute Gasteiger partial charge is 0.335 e. The minimum atomic E-state index is -0.939. The fourth-order valence-electron chi connectivity index (χ4n) is 3.96. The van der Waals surface area contributed by atoms with E-state index < -0.39 is 5.97 Å². The van der Waals surface area contributed by atoms with Crippen LogP contribution in [0.25, 0.3) is 11.1 Å². The molecule has 1 amide bonds. The van der Waals surface area contributed by atoms with Crippen molar-refractivity contribution in [2.24, 2.45) is 0 Å². The summed E-state index contributed by atoms with van der Waals surface area (Å²) in [4.78, 5) is 26.3. The minimum absolute atomic E-state index is 0.0957. The number of carboxylic acid groups (broad SMARTS) is 1. The van der Waals surface area contributed by atoms with Crippen molar-refractivity contribution in [1.29, 1.82) is 0 Å². The zero-order valence-corrected chi connectivity index (χ0v) is 18.9. The number of benzene rings is 4.